The molecular weight excluding hydrogens is 555 g/mol. The first-order valence-corrected chi connectivity index (χ1v) is 18.8. The van der Waals surface area contributed by atoms with Crippen LogP contribution < -0.4 is 0 Å². The largest absolute Gasteiger partial charge is 0.475 e. The van der Waals surface area contributed by atoms with Crippen molar-refractivity contribution in [2.75, 3.05) is 26.4 Å². The van der Waals surface area contributed by atoms with Crippen LogP contribution in [0.3, 0.4) is 0 Å². The maximum absolute atomic E-state index is 12.4. The summed E-state index contributed by atoms with van der Waals surface area (Å²) in [5.74, 6) is -0.691. The second kappa shape index (κ2) is 27.6. The van der Waals surface area contributed by atoms with E-state index < -0.39 is 13.9 Å². The SMILES string of the molecule is CCCCCCCCCCCCCCCC(=O)OC[C@H](COP1(=O)OCCO1)OC(=O)CCCCCCCCCCC. The molecule has 1 rings (SSSR count). The molecule has 42 heavy (non-hydrogen) atoms. The normalized spacial score (nSPS) is 15.1. The lowest BCUT2D eigenvalue weighted by molar-refractivity contribution is -0.161. The fourth-order valence-corrected chi connectivity index (χ4v) is 6.24. The molecule has 0 bridgehead atoms. The van der Waals surface area contributed by atoms with Crippen LogP contribution in [0.1, 0.15) is 168 Å². The molecule has 0 unspecified atom stereocenters. The molecule has 0 aliphatic carbocycles. The van der Waals surface area contributed by atoms with Crippen molar-refractivity contribution >= 4 is 19.8 Å². The number of esters is 2. The van der Waals surface area contributed by atoms with Gasteiger partial charge in [-0.05, 0) is 12.8 Å². The topological polar surface area (TPSA) is 97.4 Å². The van der Waals surface area contributed by atoms with E-state index in [-0.39, 0.29) is 38.4 Å². The van der Waals surface area contributed by atoms with E-state index in [1.165, 1.54) is 103 Å². The fourth-order valence-electron chi connectivity index (χ4n) is 5.07. The summed E-state index contributed by atoms with van der Waals surface area (Å²) in [5, 5.41) is 0. The predicted molar refractivity (Wildman–Crippen MR) is 168 cm³/mol. The molecule has 1 atom stereocenters. The highest BCUT2D eigenvalue weighted by molar-refractivity contribution is 7.48. The monoisotopic (exact) mass is 618 g/mol. The van der Waals surface area contributed by atoms with Crippen molar-refractivity contribution < 1.29 is 37.2 Å². The van der Waals surface area contributed by atoms with Gasteiger partial charge < -0.3 is 9.47 Å². The zero-order chi connectivity index (χ0) is 30.6. The first-order chi connectivity index (χ1) is 20.5. The highest BCUT2D eigenvalue weighted by Crippen LogP contribution is 2.52. The number of hydrogen-bond acceptors (Lipinski definition) is 8. The van der Waals surface area contributed by atoms with Crippen LogP contribution in [0, 0.1) is 0 Å². The molecule has 248 valence electrons. The third kappa shape index (κ3) is 23.5. The minimum atomic E-state index is -3.63. The van der Waals surface area contributed by atoms with Crippen molar-refractivity contribution in [2.24, 2.45) is 0 Å². The number of rotatable bonds is 30. The molecule has 1 fully saturated rings. The van der Waals surface area contributed by atoms with Gasteiger partial charge in [-0.25, -0.2) is 4.57 Å². The predicted octanol–water partition coefficient (Wildman–Crippen LogP) is 10.0. The second-order valence-corrected chi connectivity index (χ2v) is 13.4. The van der Waals surface area contributed by atoms with E-state index in [1.807, 2.05) is 0 Å². The summed E-state index contributed by atoms with van der Waals surface area (Å²) in [5.41, 5.74) is 0. The Morgan fingerprint density at radius 1 is 0.571 bits per heavy atom. The third-order valence-corrected chi connectivity index (χ3v) is 9.16. The van der Waals surface area contributed by atoms with Crippen LogP contribution >= 0.6 is 7.82 Å². The Labute approximate surface area is 257 Å². The first kappa shape index (κ1) is 39.1. The Bertz CT molecular complexity index is 692. The third-order valence-electron chi connectivity index (χ3n) is 7.70. The fraction of sp³-hybridized carbons (Fsp3) is 0.939. The van der Waals surface area contributed by atoms with E-state index in [2.05, 4.69) is 13.8 Å². The Balaban J connectivity index is 2.18. The standard InChI is InChI=1S/C33H63O8P/c1-3-5-7-9-11-13-14-15-16-18-19-21-23-25-32(34)37-29-31(30-40-42(36)38-27-28-39-42)41-33(35)26-24-22-20-17-12-10-8-6-4-2/h31H,3-30H2,1-2H3/t31-/m1/s1. The number of hydrogen-bond donors (Lipinski definition) is 0. The van der Waals surface area contributed by atoms with Gasteiger partial charge in [0.25, 0.3) is 0 Å². The molecule has 0 amide bonds. The maximum atomic E-state index is 12.4. The minimum Gasteiger partial charge on any atom is -0.462 e. The molecule has 9 heteroatoms. The lowest BCUT2D eigenvalue weighted by atomic mass is 10.0. The lowest BCUT2D eigenvalue weighted by Crippen LogP contribution is -2.29. The highest BCUT2D eigenvalue weighted by atomic mass is 31.2. The van der Waals surface area contributed by atoms with E-state index >= 15 is 0 Å². The first-order valence-electron chi connectivity index (χ1n) is 17.4. The van der Waals surface area contributed by atoms with Crippen LogP contribution in [0.4, 0.5) is 0 Å². The van der Waals surface area contributed by atoms with Crippen molar-refractivity contribution in [3.8, 4) is 0 Å². The van der Waals surface area contributed by atoms with Gasteiger partial charge in [0.15, 0.2) is 6.10 Å². The van der Waals surface area contributed by atoms with Gasteiger partial charge in [-0.15, -0.1) is 0 Å². The molecule has 0 spiro atoms. The van der Waals surface area contributed by atoms with Crippen LogP contribution in [0.5, 0.6) is 0 Å². The second-order valence-electron chi connectivity index (χ2n) is 11.8. The van der Waals surface area contributed by atoms with Crippen molar-refractivity contribution in [1.82, 2.24) is 0 Å². The molecule has 1 aliphatic rings. The maximum Gasteiger partial charge on any atom is 0.475 e. The Kier molecular flexibility index (Phi) is 25.7. The number of carbonyl (C=O) groups excluding carboxylic acids is 2. The van der Waals surface area contributed by atoms with E-state index in [4.69, 9.17) is 23.0 Å². The number of phosphoric acid groups is 1. The number of phosphoric ester groups is 1. The average Bonchev–Trinajstić information content (AvgIpc) is 3.42. The molecule has 1 heterocycles. The zero-order valence-corrected chi connectivity index (χ0v) is 28.0. The summed E-state index contributed by atoms with van der Waals surface area (Å²) in [6, 6.07) is 0. The molecule has 1 aliphatic heterocycles. The van der Waals surface area contributed by atoms with Gasteiger partial charge in [-0.3, -0.25) is 23.2 Å². The molecule has 0 N–H and O–H groups in total. The zero-order valence-electron chi connectivity index (χ0n) is 27.1. The van der Waals surface area contributed by atoms with Crippen LogP contribution in [-0.4, -0.2) is 44.5 Å². The summed E-state index contributed by atoms with van der Waals surface area (Å²) < 4.78 is 38.7. The van der Waals surface area contributed by atoms with Gasteiger partial charge in [0.2, 0.25) is 0 Å². The van der Waals surface area contributed by atoms with Gasteiger partial charge in [-0.1, -0.05) is 142 Å². The minimum absolute atomic E-state index is 0.138. The summed E-state index contributed by atoms with van der Waals surface area (Å²) in [6.07, 6.45) is 26.4. The molecular formula is C33H63O8P. The van der Waals surface area contributed by atoms with Gasteiger partial charge >= 0.3 is 19.8 Å². The van der Waals surface area contributed by atoms with Crippen LogP contribution in [0.25, 0.3) is 0 Å². The molecule has 0 radical (unpaired) electrons. The van der Waals surface area contributed by atoms with Crippen molar-refractivity contribution in [2.45, 2.75) is 174 Å². The van der Waals surface area contributed by atoms with Gasteiger partial charge in [-0.2, -0.15) is 0 Å². The van der Waals surface area contributed by atoms with Crippen molar-refractivity contribution in [3.63, 3.8) is 0 Å². The van der Waals surface area contributed by atoms with Crippen molar-refractivity contribution in [1.29, 1.82) is 0 Å². The Morgan fingerprint density at radius 2 is 0.952 bits per heavy atom. The van der Waals surface area contributed by atoms with E-state index in [1.54, 1.807) is 0 Å². The smallest absolute Gasteiger partial charge is 0.462 e. The summed E-state index contributed by atoms with van der Waals surface area (Å²) >= 11 is 0. The number of carbonyl (C=O) groups is 2. The lowest BCUT2D eigenvalue weighted by Gasteiger charge is -2.19. The van der Waals surface area contributed by atoms with Crippen LogP contribution in [0.15, 0.2) is 0 Å². The number of unbranched alkanes of at least 4 members (excludes halogenated alkanes) is 20. The molecule has 8 nitrogen and oxygen atoms in total. The van der Waals surface area contributed by atoms with E-state index in [0.717, 1.165) is 38.5 Å². The Morgan fingerprint density at radius 3 is 1.38 bits per heavy atom. The number of ether oxygens (including phenoxy) is 2. The van der Waals surface area contributed by atoms with Gasteiger partial charge in [0.1, 0.15) is 6.61 Å². The molecule has 1 saturated heterocycles. The highest BCUT2D eigenvalue weighted by Gasteiger charge is 2.33. The quantitative estimate of drug-likeness (QED) is 0.0446. The summed E-state index contributed by atoms with van der Waals surface area (Å²) in [7, 11) is -3.63. The van der Waals surface area contributed by atoms with Crippen molar-refractivity contribution in [3.05, 3.63) is 0 Å². The van der Waals surface area contributed by atoms with Crippen LogP contribution in [-0.2, 0) is 37.2 Å². The molecule has 0 aromatic rings. The van der Waals surface area contributed by atoms with Crippen LogP contribution in [0.2, 0.25) is 0 Å². The summed E-state index contributed by atoms with van der Waals surface area (Å²) in [4.78, 5) is 24.7. The van der Waals surface area contributed by atoms with Gasteiger partial charge in [0.05, 0.1) is 19.8 Å². The Hall–Kier alpha value is -0.950. The molecule has 0 saturated carbocycles. The van der Waals surface area contributed by atoms with E-state index in [9.17, 15) is 14.2 Å². The van der Waals surface area contributed by atoms with E-state index in [0.29, 0.717) is 12.8 Å². The molecule has 0 aromatic heterocycles. The average molecular weight is 619 g/mol. The van der Waals surface area contributed by atoms with Gasteiger partial charge in [0, 0.05) is 12.8 Å². The summed E-state index contributed by atoms with van der Waals surface area (Å²) in [6.45, 7) is 4.50. The molecule has 0 aromatic carbocycles.